The highest BCUT2D eigenvalue weighted by Crippen LogP contribution is 2.15. The van der Waals surface area contributed by atoms with Gasteiger partial charge in [0.25, 0.3) is 0 Å². The first-order chi connectivity index (χ1) is 11.5. The van der Waals surface area contributed by atoms with Crippen molar-refractivity contribution in [2.24, 2.45) is 0 Å². The van der Waals surface area contributed by atoms with E-state index in [1.165, 1.54) is 128 Å². The van der Waals surface area contributed by atoms with Crippen LogP contribution >= 0.6 is 0 Å². The first-order valence-corrected chi connectivity index (χ1v) is 11.0. The van der Waals surface area contributed by atoms with Crippen LogP contribution in [0.1, 0.15) is 128 Å². The number of rotatable bonds is 0. The molecule has 1 aliphatic rings. The Bertz CT molecular complexity index is 216. The van der Waals surface area contributed by atoms with Crippen LogP contribution in [0.5, 0.6) is 0 Å². The molecule has 0 N–H and O–H groups in total. The Balaban J connectivity index is 2.05. The Morgan fingerprint density at radius 3 is 1.00 bits per heavy atom. The standard InChI is InChI=1S/C23H43/c1-2-4-6-8-10-12-14-16-18-20-22-23-21-19-17-15-13-11-9-7-5-3-1/h1-3H,4-23H2/b2-1-. The second-order valence-electron chi connectivity index (χ2n) is 7.61. The van der Waals surface area contributed by atoms with Crippen LogP contribution in [0.15, 0.2) is 12.2 Å². The van der Waals surface area contributed by atoms with Crippen LogP contribution in [-0.4, -0.2) is 0 Å². The van der Waals surface area contributed by atoms with E-state index in [-0.39, 0.29) is 0 Å². The van der Waals surface area contributed by atoms with Crippen molar-refractivity contribution in [2.75, 3.05) is 0 Å². The molecular weight excluding hydrogens is 276 g/mol. The van der Waals surface area contributed by atoms with Crippen molar-refractivity contribution in [3.05, 3.63) is 18.6 Å². The van der Waals surface area contributed by atoms with Crippen molar-refractivity contribution >= 4 is 0 Å². The average molecular weight is 320 g/mol. The Kier molecular flexibility index (Phi) is 16.3. The molecule has 0 nitrogen and oxygen atoms in total. The minimum atomic E-state index is 1.29. The molecule has 135 valence electrons. The van der Waals surface area contributed by atoms with Crippen molar-refractivity contribution < 1.29 is 0 Å². The highest BCUT2D eigenvalue weighted by atomic mass is 14.0. The van der Waals surface area contributed by atoms with E-state index in [1.807, 2.05) is 0 Å². The average Bonchev–Trinajstić information content (AvgIpc) is 2.56. The maximum atomic E-state index is 2.38. The molecule has 0 fully saturated rings. The van der Waals surface area contributed by atoms with E-state index in [2.05, 4.69) is 18.6 Å². The minimum absolute atomic E-state index is 1.29. The van der Waals surface area contributed by atoms with E-state index < -0.39 is 0 Å². The van der Waals surface area contributed by atoms with Crippen LogP contribution in [0, 0.1) is 6.42 Å². The maximum Gasteiger partial charge on any atom is -0.0171 e. The molecule has 1 rings (SSSR count). The van der Waals surface area contributed by atoms with Crippen molar-refractivity contribution in [3.63, 3.8) is 0 Å². The van der Waals surface area contributed by atoms with E-state index in [1.54, 1.807) is 0 Å². The summed E-state index contributed by atoms with van der Waals surface area (Å²) in [7, 11) is 0. The lowest BCUT2D eigenvalue weighted by molar-refractivity contribution is 0.524. The van der Waals surface area contributed by atoms with E-state index in [9.17, 15) is 0 Å². The van der Waals surface area contributed by atoms with Gasteiger partial charge in [-0.15, -0.1) is 0 Å². The van der Waals surface area contributed by atoms with Gasteiger partial charge in [0.15, 0.2) is 0 Å². The summed E-state index contributed by atoms with van der Waals surface area (Å²) in [5, 5.41) is 0. The zero-order chi connectivity index (χ0) is 16.3. The van der Waals surface area contributed by atoms with Gasteiger partial charge in [0.05, 0.1) is 0 Å². The van der Waals surface area contributed by atoms with Crippen molar-refractivity contribution in [3.8, 4) is 0 Å². The maximum absolute atomic E-state index is 2.38. The van der Waals surface area contributed by atoms with Crippen LogP contribution in [0.3, 0.4) is 0 Å². The lowest BCUT2D eigenvalue weighted by atomic mass is 10.0. The predicted octanol–water partition coefficient (Wildman–Crippen LogP) is 8.56. The smallest absolute Gasteiger partial charge is 0.0171 e. The zero-order valence-electron chi connectivity index (χ0n) is 15.9. The third-order valence-electron chi connectivity index (χ3n) is 5.26. The number of hydrogen-bond donors (Lipinski definition) is 0. The summed E-state index contributed by atoms with van der Waals surface area (Å²) in [6, 6.07) is 0. The Hall–Kier alpha value is -0.260. The van der Waals surface area contributed by atoms with Crippen molar-refractivity contribution in [1.82, 2.24) is 0 Å². The monoisotopic (exact) mass is 319 g/mol. The molecule has 0 saturated carbocycles. The summed E-state index contributed by atoms with van der Waals surface area (Å²) < 4.78 is 0. The SMILES string of the molecule is [CH]1/C=C\CCCCCCCCCCCCCCCCCCCC1. The van der Waals surface area contributed by atoms with Crippen LogP contribution in [-0.2, 0) is 0 Å². The summed E-state index contributed by atoms with van der Waals surface area (Å²) in [6.45, 7) is 0. The van der Waals surface area contributed by atoms with Gasteiger partial charge in [-0.05, 0) is 25.7 Å². The van der Waals surface area contributed by atoms with E-state index in [0.29, 0.717) is 0 Å². The zero-order valence-corrected chi connectivity index (χ0v) is 15.9. The van der Waals surface area contributed by atoms with Gasteiger partial charge in [-0.3, -0.25) is 0 Å². The molecule has 0 heteroatoms. The lowest BCUT2D eigenvalue weighted by Gasteiger charge is -2.03. The molecule has 0 atom stereocenters. The van der Waals surface area contributed by atoms with Gasteiger partial charge in [-0.25, -0.2) is 0 Å². The molecule has 0 aromatic carbocycles. The molecule has 0 spiro atoms. The van der Waals surface area contributed by atoms with Gasteiger partial charge in [0.1, 0.15) is 0 Å². The Morgan fingerprint density at radius 1 is 0.304 bits per heavy atom. The Labute approximate surface area is 147 Å². The molecular formula is C23H43. The summed E-state index contributed by atoms with van der Waals surface area (Å²) in [5.41, 5.74) is 0. The fraction of sp³-hybridized carbons (Fsp3) is 0.870. The normalized spacial score (nSPS) is 24.7. The van der Waals surface area contributed by atoms with Crippen LogP contribution < -0.4 is 0 Å². The number of hydrogen-bond acceptors (Lipinski definition) is 0. The summed E-state index contributed by atoms with van der Waals surface area (Å²) in [6.07, 6.45) is 36.0. The molecule has 0 aliphatic heterocycles. The summed E-state index contributed by atoms with van der Waals surface area (Å²) >= 11 is 0. The fourth-order valence-corrected chi connectivity index (χ4v) is 3.64. The third kappa shape index (κ3) is 16.4. The molecule has 1 radical (unpaired) electrons. The van der Waals surface area contributed by atoms with E-state index in [0.717, 1.165) is 0 Å². The molecule has 0 aromatic heterocycles. The number of allylic oxidation sites excluding steroid dienone is 2. The molecule has 0 amide bonds. The van der Waals surface area contributed by atoms with Gasteiger partial charge in [-0.1, -0.05) is 121 Å². The van der Waals surface area contributed by atoms with Gasteiger partial charge >= 0.3 is 0 Å². The van der Waals surface area contributed by atoms with Crippen LogP contribution in [0.4, 0.5) is 0 Å². The quantitative estimate of drug-likeness (QED) is 0.419. The first kappa shape index (κ1) is 20.8. The second kappa shape index (κ2) is 18.1. The molecule has 0 unspecified atom stereocenters. The third-order valence-corrected chi connectivity index (χ3v) is 5.26. The second-order valence-corrected chi connectivity index (χ2v) is 7.61. The molecule has 1 aliphatic carbocycles. The van der Waals surface area contributed by atoms with E-state index in [4.69, 9.17) is 0 Å². The van der Waals surface area contributed by atoms with Crippen molar-refractivity contribution in [2.45, 2.75) is 128 Å². The van der Waals surface area contributed by atoms with Crippen LogP contribution in [0.25, 0.3) is 0 Å². The Morgan fingerprint density at radius 2 is 0.609 bits per heavy atom. The van der Waals surface area contributed by atoms with Gasteiger partial charge in [0.2, 0.25) is 0 Å². The molecule has 23 heavy (non-hydrogen) atoms. The highest BCUT2D eigenvalue weighted by Gasteiger charge is 1.95. The lowest BCUT2D eigenvalue weighted by Crippen LogP contribution is -1.84. The highest BCUT2D eigenvalue weighted by molar-refractivity contribution is 4.94. The molecule has 0 bridgehead atoms. The van der Waals surface area contributed by atoms with Gasteiger partial charge in [0, 0.05) is 0 Å². The molecule has 0 saturated heterocycles. The topological polar surface area (TPSA) is 0 Å². The van der Waals surface area contributed by atoms with Gasteiger partial charge in [-0.2, -0.15) is 0 Å². The first-order valence-electron chi connectivity index (χ1n) is 11.0. The molecule has 0 aromatic rings. The summed E-state index contributed by atoms with van der Waals surface area (Å²) in [5.74, 6) is 0. The van der Waals surface area contributed by atoms with Gasteiger partial charge < -0.3 is 0 Å². The minimum Gasteiger partial charge on any atom is -0.0882 e. The molecule has 0 heterocycles. The predicted molar refractivity (Wildman–Crippen MR) is 106 cm³/mol. The fourth-order valence-electron chi connectivity index (χ4n) is 3.64. The van der Waals surface area contributed by atoms with Crippen molar-refractivity contribution in [1.29, 1.82) is 0 Å². The van der Waals surface area contributed by atoms with E-state index >= 15 is 0 Å². The summed E-state index contributed by atoms with van der Waals surface area (Å²) in [4.78, 5) is 0. The largest absolute Gasteiger partial charge is 0.0882 e. The van der Waals surface area contributed by atoms with Crippen LogP contribution in [0.2, 0.25) is 0 Å².